The van der Waals surface area contributed by atoms with Crippen LogP contribution >= 0.6 is 8.30 Å². The summed E-state index contributed by atoms with van der Waals surface area (Å²) in [7, 11) is 1.18. The minimum Gasteiger partial charge on any atom is -0.385 e. The zero-order chi connectivity index (χ0) is 15.1. The average Bonchev–Trinajstić information content (AvgIpc) is 2.74. The van der Waals surface area contributed by atoms with E-state index in [1.165, 1.54) is 0 Å². The molecule has 0 aliphatic carbocycles. The number of rotatable bonds is 9. The summed E-state index contributed by atoms with van der Waals surface area (Å²) in [6.07, 6.45) is 3.63. The molecule has 3 atom stereocenters. The highest BCUT2D eigenvalue weighted by molar-refractivity contribution is 7.50. The number of ether oxygens (including phenoxy) is 2. The van der Waals surface area contributed by atoms with E-state index in [2.05, 4.69) is 39.3 Å². The Labute approximate surface area is 126 Å². The van der Waals surface area contributed by atoms with Gasteiger partial charge in [0, 0.05) is 38.6 Å². The smallest absolute Gasteiger partial charge is 0.105 e. The molecule has 4 nitrogen and oxygen atoms in total. The minimum atomic E-state index is -0.579. The molecule has 1 rings (SSSR count). The summed E-state index contributed by atoms with van der Waals surface area (Å²) in [5.41, 5.74) is 0. The maximum Gasteiger partial charge on any atom is 0.105 e. The second kappa shape index (κ2) is 9.32. The molecule has 0 aromatic carbocycles. The predicted octanol–water partition coefficient (Wildman–Crippen LogP) is 3.65. The van der Waals surface area contributed by atoms with E-state index in [1.54, 1.807) is 7.11 Å². The maximum absolute atomic E-state index is 6.47. The SMILES string of the molecule is COCCCP(O[C@H]1CCO[C@@H]1C)N(C(C)C)C(C)C. The van der Waals surface area contributed by atoms with Crippen LogP contribution in [0.5, 0.6) is 0 Å². The summed E-state index contributed by atoms with van der Waals surface area (Å²) in [5, 5.41) is 0. The first kappa shape index (κ1) is 18.3. The van der Waals surface area contributed by atoms with E-state index in [9.17, 15) is 0 Å². The first-order valence-corrected chi connectivity index (χ1v) is 9.20. The molecule has 0 spiro atoms. The van der Waals surface area contributed by atoms with Crippen LogP contribution in [-0.2, 0) is 14.0 Å². The third-order valence-electron chi connectivity index (χ3n) is 3.58. The van der Waals surface area contributed by atoms with Gasteiger partial charge in [0.15, 0.2) is 0 Å². The summed E-state index contributed by atoms with van der Waals surface area (Å²) in [6.45, 7) is 12.8. The highest BCUT2D eigenvalue weighted by atomic mass is 31.2. The number of hydrogen-bond donors (Lipinski definition) is 0. The Bertz CT molecular complexity index is 256. The molecule has 1 unspecified atom stereocenters. The van der Waals surface area contributed by atoms with Gasteiger partial charge in [0.2, 0.25) is 0 Å². The zero-order valence-electron chi connectivity index (χ0n) is 14.0. The van der Waals surface area contributed by atoms with Crippen LogP contribution in [0.25, 0.3) is 0 Å². The summed E-state index contributed by atoms with van der Waals surface area (Å²) in [6, 6.07) is 1.00. The maximum atomic E-state index is 6.47. The molecule has 1 fully saturated rings. The van der Waals surface area contributed by atoms with Crippen molar-refractivity contribution in [2.24, 2.45) is 0 Å². The number of hydrogen-bond acceptors (Lipinski definition) is 4. The van der Waals surface area contributed by atoms with Gasteiger partial charge in [0.1, 0.15) is 8.30 Å². The Balaban J connectivity index is 2.66. The quantitative estimate of drug-likeness (QED) is 0.480. The normalized spacial score (nSPS) is 25.1. The lowest BCUT2D eigenvalue weighted by Crippen LogP contribution is -2.35. The van der Waals surface area contributed by atoms with Crippen LogP contribution in [0.3, 0.4) is 0 Å². The van der Waals surface area contributed by atoms with E-state index < -0.39 is 8.30 Å². The summed E-state index contributed by atoms with van der Waals surface area (Å²) >= 11 is 0. The molecule has 0 amide bonds. The number of methoxy groups -OCH3 is 1. The minimum absolute atomic E-state index is 0.226. The van der Waals surface area contributed by atoms with Gasteiger partial charge in [-0.3, -0.25) is 4.67 Å². The second-order valence-corrected chi connectivity index (χ2v) is 7.82. The van der Waals surface area contributed by atoms with E-state index in [-0.39, 0.29) is 12.2 Å². The van der Waals surface area contributed by atoms with Gasteiger partial charge in [-0.05, 0) is 47.5 Å². The van der Waals surface area contributed by atoms with Gasteiger partial charge < -0.3 is 14.0 Å². The molecule has 0 radical (unpaired) electrons. The molecule has 1 aliphatic rings. The molecule has 1 heterocycles. The van der Waals surface area contributed by atoms with Crippen LogP contribution in [0.4, 0.5) is 0 Å². The average molecular weight is 305 g/mol. The predicted molar refractivity (Wildman–Crippen MR) is 85.3 cm³/mol. The van der Waals surface area contributed by atoms with Gasteiger partial charge in [-0.15, -0.1) is 0 Å². The Morgan fingerprint density at radius 3 is 2.35 bits per heavy atom. The van der Waals surface area contributed by atoms with Gasteiger partial charge in [-0.25, -0.2) is 0 Å². The van der Waals surface area contributed by atoms with Crippen molar-refractivity contribution in [3.05, 3.63) is 0 Å². The monoisotopic (exact) mass is 305 g/mol. The molecule has 0 bridgehead atoms. The molecular formula is C15H32NO3P. The lowest BCUT2D eigenvalue weighted by atomic mass is 10.2. The van der Waals surface area contributed by atoms with Crippen molar-refractivity contribution in [2.45, 2.75) is 71.8 Å². The third-order valence-corrected chi connectivity index (χ3v) is 6.23. The van der Waals surface area contributed by atoms with Gasteiger partial charge in [-0.1, -0.05) is 0 Å². The molecule has 1 saturated heterocycles. The zero-order valence-corrected chi connectivity index (χ0v) is 14.9. The van der Waals surface area contributed by atoms with Crippen molar-refractivity contribution in [2.75, 3.05) is 26.5 Å². The Hall–Kier alpha value is 0.270. The van der Waals surface area contributed by atoms with Crippen LogP contribution in [0.15, 0.2) is 0 Å². The Morgan fingerprint density at radius 2 is 1.90 bits per heavy atom. The summed E-state index contributed by atoms with van der Waals surface area (Å²) in [4.78, 5) is 0. The molecule has 0 N–H and O–H groups in total. The summed E-state index contributed by atoms with van der Waals surface area (Å²) < 4.78 is 19.8. The van der Waals surface area contributed by atoms with Crippen LogP contribution in [0.1, 0.15) is 47.5 Å². The van der Waals surface area contributed by atoms with E-state index in [0.717, 1.165) is 32.2 Å². The fourth-order valence-corrected chi connectivity index (χ4v) is 5.15. The molecule has 0 saturated carbocycles. The van der Waals surface area contributed by atoms with Crippen molar-refractivity contribution in [3.63, 3.8) is 0 Å². The Morgan fingerprint density at radius 1 is 1.25 bits per heavy atom. The number of nitrogens with zero attached hydrogens (tertiary/aromatic N) is 1. The molecule has 0 aromatic heterocycles. The van der Waals surface area contributed by atoms with Gasteiger partial charge in [0.05, 0.1) is 12.2 Å². The lowest BCUT2D eigenvalue weighted by Gasteiger charge is -2.38. The molecule has 5 heteroatoms. The highest BCUT2D eigenvalue weighted by Gasteiger charge is 2.32. The fourth-order valence-electron chi connectivity index (χ4n) is 2.69. The van der Waals surface area contributed by atoms with Crippen molar-refractivity contribution >= 4 is 8.30 Å². The molecule has 20 heavy (non-hydrogen) atoms. The molecular weight excluding hydrogens is 273 g/mol. The van der Waals surface area contributed by atoms with Gasteiger partial charge in [-0.2, -0.15) is 0 Å². The van der Waals surface area contributed by atoms with Crippen molar-refractivity contribution < 1.29 is 14.0 Å². The van der Waals surface area contributed by atoms with Gasteiger partial charge >= 0.3 is 0 Å². The lowest BCUT2D eigenvalue weighted by molar-refractivity contribution is 0.0669. The van der Waals surface area contributed by atoms with Gasteiger partial charge in [0.25, 0.3) is 0 Å². The molecule has 0 aromatic rings. The molecule has 1 aliphatic heterocycles. The highest BCUT2D eigenvalue weighted by Crippen LogP contribution is 2.47. The van der Waals surface area contributed by atoms with E-state index in [0.29, 0.717) is 12.1 Å². The third kappa shape index (κ3) is 5.57. The topological polar surface area (TPSA) is 30.9 Å². The van der Waals surface area contributed by atoms with Crippen LogP contribution in [-0.4, -0.2) is 55.4 Å². The second-order valence-electron chi connectivity index (χ2n) is 6.00. The fraction of sp³-hybridized carbons (Fsp3) is 1.00. The Kier molecular flexibility index (Phi) is 8.54. The van der Waals surface area contributed by atoms with Crippen LogP contribution < -0.4 is 0 Å². The van der Waals surface area contributed by atoms with E-state index >= 15 is 0 Å². The van der Waals surface area contributed by atoms with Crippen molar-refractivity contribution in [1.82, 2.24) is 4.67 Å². The largest absolute Gasteiger partial charge is 0.385 e. The summed E-state index contributed by atoms with van der Waals surface area (Å²) in [5.74, 6) is 0. The van der Waals surface area contributed by atoms with E-state index in [1.807, 2.05) is 0 Å². The van der Waals surface area contributed by atoms with Crippen LogP contribution in [0.2, 0.25) is 0 Å². The standard InChI is InChI=1S/C15H32NO3P/c1-12(2)16(13(3)4)20(11-7-9-17-6)19-15-8-10-18-14(15)5/h12-15H,7-11H2,1-6H3/t14-,15+,20?/m1/s1. The van der Waals surface area contributed by atoms with E-state index in [4.69, 9.17) is 14.0 Å². The van der Waals surface area contributed by atoms with Crippen molar-refractivity contribution in [3.8, 4) is 0 Å². The molecule has 120 valence electrons. The van der Waals surface area contributed by atoms with Crippen LogP contribution in [0, 0.1) is 0 Å². The first-order valence-electron chi connectivity index (χ1n) is 7.80. The first-order chi connectivity index (χ1) is 9.47. The van der Waals surface area contributed by atoms with Crippen molar-refractivity contribution in [1.29, 1.82) is 0 Å².